The van der Waals surface area contributed by atoms with Crippen LogP contribution in [0.3, 0.4) is 0 Å². The highest BCUT2D eigenvalue weighted by atomic mass is 19.1. The fourth-order valence-electron chi connectivity index (χ4n) is 0.564. The molecule has 0 spiro atoms. The first-order valence-corrected chi connectivity index (χ1v) is 4.37. The monoisotopic (exact) mass is 219 g/mol. The number of halogens is 1. The summed E-state index contributed by atoms with van der Waals surface area (Å²) in [6.45, 7) is 9.06. The molecule has 0 heterocycles. The fourth-order valence-corrected chi connectivity index (χ4v) is 0.564. The van der Waals surface area contributed by atoms with Crippen molar-refractivity contribution in [2.24, 2.45) is 0 Å². The highest BCUT2D eigenvalue weighted by molar-refractivity contribution is 5.67. The zero-order chi connectivity index (χ0) is 12.5. The van der Waals surface area contributed by atoms with Gasteiger partial charge in [-0.25, -0.2) is 9.18 Å². The number of hydrogen-bond donors (Lipinski definition) is 1. The third-order valence-electron chi connectivity index (χ3n) is 1.10. The normalized spacial score (nSPS) is 11.1. The number of ether oxygens (including phenoxy) is 1. The molecule has 88 valence electrons. The predicted octanol–water partition coefficient (Wildman–Crippen LogP) is 2.20. The van der Waals surface area contributed by atoms with Gasteiger partial charge >= 0.3 is 6.09 Å². The zero-order valence-electron chi connectivity index (χ0n) is 9.59. The standard InChI is InChI=1S/C9H16FNO2.CH2O/c1-7(5-10)6-11-8(12)13-9(2,3)4;1-2/h5H,6H2,1-4H3,(H,11,12);1H2/b7-5-;. The predicted molar refractivity (Wildman–Crippen MR) is 56.2 cm³/mol. The van der Waals surface area contributed by atoms with E-state index in [1.807, 2.05) is 6.79 Å². The van der Waals surface area contributed by atoms with Gasteiger partial charge in [0.25, 0.3) is 0 Å². The molecule has 0 saturated heterocycles. The molecule has 0 aromatic rings. The Morgan fingerprint density at radius 3 is 2.27 bits per heavy atom. The van der Waals surface area contributed by atoms with E-state index >= 15 is 0 Å². The van der Waals surface area contributed by atoms with E-state index < -0.39 is 11.7 Å². The lowest BCUT2D eigenvalue weighted by atomic mass is 10.2. The van der Waals surface area contributed by atoms with E-state index in [0.717, 1.165) is 0 Å². The van der Waals surface area contributed by atoms with Crippen molar-refractivity contribution in [3.63, 3.8) is 0 Å². The van der Waals surface area contributed by atoms with Crippen molar-refractivity contribution in [1.29, 1.82) is 0 Å². The Balaban J connectivity index is 0. The van der Waals surface area contributed by atoms with Crippen LogP contribution in [0.5, 0.6) is 0 Å². The van der Waals surface area contributed by atoms with Gasteiger partial charge in [0, 0.05) is 6.54 Å². The van der Waals surface area contributed by atoms with Crippen molar-refractivity contribution in [2.75, 3.05) is 6.54 Å². The Morgan fingerprint density at radius 2 is 1.93 bits per heavy atom. The number of rotatable bonds is 2. The Morgan fingerprint density at radius 1 is 1.47 bits per heavy atom. The quantitative estimate of drug-likeness (QED) is 0.774. The molecular formula is C10H18FNO3. The third-order valence-corrected chi connectivity index (χ3v) is 1.10. The summed E-state index contributed by atoms with van der Waals surface area (Å²) in [5, 5.41) is 2.42. The minimum atomic E-state index is -0.534. The molecule has 0 unspecified atom stereocenters. The molecule has 0 aliphatic heterocycles. The molecule has 0 aromatic heterocycles. The van der Waals surface area contributed by atoms with E-state index in [2.05, 4.69) is 5.32 Å². The summed E-state index contributed by atoms with van der Waals surface area (Å²) in [5.74, 6) is 0. The second-order valence-electron chi connectivity index (χ2n) is 3.81. The SMILES string of the molecule is C/C(=C/F)CNC(=O)OC(C)(C)C.C=O. The van der Waals surface area contributed by atoms with E-state index in [9.17, 15) is 9.18 Å². The van der Waals surface area contributed by atoms with Crippen molar-refractivity contribution in [2.45, 2.75) is 33.3 Å². The number of nitrogens with one attached hydrogen (secondary N) is 1. The molecule has 0 atom stereocenters. The average molecular weight is 219 g/mol. The lowest BCUT2D eigenvalue weighted by molar-refractivity contribution is -0.0980. The molecule has 0 aliphatic rings. The van der Waals surface area contributed by atoms with Gasteiger partial charge in [-0.1, -0.05) is 0 Å². The smallest absolute Gasteiger partial charge is 0.407 e. The molecule has 1 amide bonds. The van der Waals surface area contributed by atoms with Crippen LogP contribution in [0.25, 0.3) is 0 Å². The highest BCUT2D eigenvalue weighted by Gasteiger charge is 2.15. The maximum absolute atomic E-state index is 11.8. The number of carbonyl (C=O) groups is 2. The molecule has 0 radical (unpaired) electrons. The number of hydrogen-bond acceptors (Lipinski definition) is 3. The Kier molecular flexibility index (Phi) is 8.52. The zero-order valence-corrected chi connectivity index (χ0v) is 9.59. The van der Waals surface area contributed by atoms with Crippen molar-refractivity contribution in [3.8, 4) is 0 Å². The molecular weight excluding hydrogens is 201 g/mol. The van der Waals surface area contributed by atoms with Gasteiger partial charge in [0.05, 0.1) is 6.33 Å². The van der Waals surface area contributed by atoms with Crippen LogP contribution in [0.15, 0.2) is 11.9 Å². The lowest BCUT2D eigenvalue weighted by Gasteiger charge is -2.19. The van der Waals surface area contributed by atoms with Crippen LogP contribution in [0.4, 0.5) is 9.18 Å². The summed E-state index contributed by atoms with van der Waals surface area (Å²) in [5.41, 5.74) is -0.0666. The minimum Gasteiger partial charge on any atom is -0.444 e. The summed E-state index contributed by atoms with van der Waals surface area (Å²) < 4.78 is 16.8. The van der Waals surface area contributed by atoms with Crippen LogP contribution < -0.4 is 5.32 Å². The summed E-state index contributed by atoms with van der Waals surface area (Å²) >= 11 is 0. The first-order valence-electron chi connectivity index (χ1n) is 4.37. The number of carbonyl (C=O) groups excluding carboxylic acids is 2. The Hall–Kier alpha value is -1.39. The molecule has 0 rings (SSSR count). The van der Waals surface area contributed by atoms with E-state index in [1.165, 1.54) is 0 Å². The van der Waals surface area contributed by atoms with Gasteiger partial charge in [0.2, 0.25) is 0 Å². The Labute approximate surface area is 89.5 Å². The van der Waals surface area contributed by atoms with E-state index in [4.69, 9.17) is 9.53 Å². The van der Waals surface area contributed by atoms with Gasteiger partial charge in [-0.2, -0.15) is 0 Å². The third kappa shape index (κ3) is 12.6. The first kappa shape index (κ1) is 16.1. The molecule has 0 saturated carbocycles. The van der Waals surface area contributed by atoms with Crippen LogP contribution in [0.2, 0.25) is 0 Å². The topological polar surface area (TPSA) is 55.4 Å². The molecule has 4 nitrogen and oxygen atoms in total. The van der Waals surface area contributed by atoms with E-state index in [1.54, 1.807) is 27.7 Å². The molecule has 0 aromatic carbocycles. The lowest BCUT2D eigenvalue weighted by Crippen LogP contribution is -2.33. The average Bonchev–Trinajstić information content (AvgIpc) is 2.14. The summed E-state index contributed by atoms with van der Waals surface area (Å²) in [6, 6.07) is 0. The van der Waals surface area contributed by atoms with Crippen molar-refractivity contribution >= 4 is 12.9 Å². The van der Waals surface area contributed by atoms with Crippen LogP contribution in [0.1, 0.15) is 27.7 Å². The molecule has 1 N–H and O–H groups in total. The maximum Gasteiger partial charge on any atom is 0.407 e. The molecule has 15 heavy (non-hydrogen) atoms. The van der Waals surface area contributed by atoms with Crippen molar-refractivity contribution < 1.29 is 18.7 Å². The molecule has 0 aliphatic carbocycles. The van der Waals surface area contributed by atoms with Crippen LogP contribution >= 0.6 is 0 Å². The maximum atomic E-state index is 11.8. The van der Waals surface area contributed by atoms with Gasteiger partial charge in [-0.15, -0.1) is 0 Å². The number of amides is 1. The molecule has 0 fully saturated rings. The second kappa shape index (κ2) is 7.96. The summed E-state index contributed by atoms with van der Waals surface area (Å²) in [4.78, 5) is 19.0. The van der Waals surface area contributed by atoms with Gasteiger partial charge < -0.3 is 14.8 Å². The molecule has 0 bridgehead atoms. The van der Waals surface area contributed by atoms with Gasteiger partial charge in [0.15, 0.2) is 0 Å². The van der Waals surface area contributed by atoms with Crippen LogP contribution in [0, 0.1) is 0 Å². The number of alkyl carbamates (subject to hydrolysis) is 1. The van der Waals surface area contributed by atoms with E-state index in [-0.39, 0.29) is 6.54 Å². The highest BCUT2D eigenvalue weighted by Crippen LogP contribution is 2.06. The second-order valence-corrected chi connectivity index (χ2v) is 3.81. The summed E-state index contributed by atoms with van der Waals surface area (Å²) in [6.07, 6.45) is -0.0779. The van der Waals surface area contributed by atoms with Crippen LogP contribution in [-0.2, 0) is 9.53 Å². The van der Waals surface area contributed by atoms with Crippen molar-refractivity contribution in [1.82, 2.24) is 5.32 Å². The van der Waals surface area contributed by atoms with Crippen LogP contribution in [-0.4, -0.2) is 25.0 Å². The largest absolute Gasteiger partial charge is 0.444 e. The Bertz CT molecular complexity index is 221. The van der Waals surface area contributed by atoms with Gasteiger partial charge in [0.1, 0.15) is 12.4 Å². The first-order chi connectivity index (χ1) is 6.85. The summed E-state index contributed by atoms with van der Waals surface area (Å²) in [7, 11) is 0. The van der Waals surface area contributed by atoms with E-state index in [0.29, 0.717) is 11.9 Å². The van der Waals surface area contributed by atoms with Crippen molar-refractivity contribution in [3.05, 3.63) is 11.9 Å². The fraction of sp³-hybridized carbons (Fsp3) is 0.600. The van der Waals surface area contributed by atoms with Gasteiger partial charge in [-0.05, 0) is 33.3 Å². The molecule has 5 heteroatoms. The van der Waals surface area contributed by atoms with Gasteiger partial charge in [-0.3, -0.25) is 0 Å². The minimum absolute atomic E-state index is 0.172.